The number of rotatable bonds is 5. The predicted octanol–water partition coefficient (Wildman–Crippen LogP) is 1.53. The molecule has 120 valence electrons. The molecule has 1 amide bonds. The van der Waals surface area contributed by atoms with Crippen LogP contribution in [0.5, 0.6) is 0 Å². The number of methoxy groups -OCH3 is 1. The number of hydrogen-bond acceptors (Lipinski definition) is 6. The van der Waals surface area contributed by atoms with Crippen LogP contribution in [0.4, 0.5) is 11.4 Å². The minimum absolute atomic E-state index is 0.185. The molecule has 0 fully saturated rings. The fourth-order valence-electron chi connectivity index (χ4n) is 1.87. The molecule has 0 saturated carbocycles. The molecule has 23 heavy (non-hydrogen) atoms. The topological polar surface area (TPSA) is 116 Å². The van der Waals surface area contributed by atoms with E-state index in [0.717, 1.165) is 22.6 Å². The Kier molecular flexibility index (Phi) is 4.69. The molecular weight excluding hydrogens is 304 g/mol. The monoisotopic (exact) mass is 318 g/mol. The second kappa shape index (κ2) is 6.69. The van der Waals surface area contributed by atoms with Gasteiger partial charge in [0.15, 0.2) is 0 Å². The Hall–Kier alpha value is -3.23. The van der Waals surface area contributed by atoms with Crippen LogP contribution in [0.2, 0.25) is 0 Å². The summed E-state index contributed by atoms with van der Waals surface area (Å²) in [4.78, 5) is 33.5. The normalized spacial score (nSPS) is 10.2. The minimum atomic E-state index is -0.592. The van der Waals surface area contributed by atoms with E-state index in [-0.39, 0.29) is 12.2 Å². The highest BCUT2D eigenvalue weighted by atomic mass is 16.6. The lowest BCUT2D eigenvalue weighted by atomic mass is 10.1. The van der Waals surface area contributed by atoms with E-state index in [2.05, 4.69) is 15.2 Å². The van der Waals surface area contributed by atoms with Crippen LogP contribution in [0.3, 0.4) is 0 Å². The Balaban J connectivity index is 2.10. The second-order valence-electron chi connectivity index (χ2n) is 4.72. The number of carbonyl (C=O) groups excluding carboxylic acids is 2. The molecule has 2 rings (SSSR count). The summed E-state index contributed by atoms with van der Waals surface area (Å²) in [6.07, 6.45) is 2.23. The van der Waals surface area contributed by atoms with Crippen molar-refractivity contribution in [1.82, 2.24) is 9.78 Å². The SMILES string of the molecule is COC(=O)c1ccc(C)c(NC(=O)Cn2cc([N+](=O)[O-])cn2)c1. The number of amides is 1. The zero-order valence-electron chi connectivity index (χ0n) is 12.5. The average molecular weight is 318 g/mol. The lowest BCUT2D eigenvalue weighted by Crippen LogP contribution is -2.19. The van der Waals surface area contributed by atoms with E-state index in [0.29, 0.717) is 11.3 Å². The summed E-state index contributed by atoms with van der Waals surface area (Å²) in [6.45, 7) is 1.59. The van der Waals surface area contributed by atoms with E-state index in [1.165, 1.54) is 13.2 Å². The molecule has 1 heterocycles. The van der Waals surface area contributed by atoms with Crippen LogP contribution in [0.25, 0.3) is 0 Å². The fourth-order valence-corrected chi connectivity index (χ4v) is 1.87. The smallest absolute Gasteiger partial charge is 0.337 e. The largest absolute Gasteiger partial charge is 0.465 e. The van der Waals surface area contributed by atoms with E-state index in [1.54, 1.807) is 19.1 Å². The zero-order valence-corrected chi connectivity index (χ0v) is 12.5. The number of esters is 1. The van der Waals surface area contributed by atoms with Gasteiger partial charge >= 0.3 is 11.7 Å². The van der Waals surface area contributed by atoms with Gasteiger partial charge in [-0.1, -0.05) is 6.07 Å². The van der Waals surface area contributed by atoms with Gasteiger partial charge in [-0.2, -0.15) is 5.10 Å². The van der Waals surface area contributed by atoms with Gasteiger partial charge in [0.2, 0.25) is 5.91 Å². The number of ether oxygens (including phenoxy) is 1. The van der Waals surface area contributed by atoms with Gasteiger partial charge < -0.3 is 10.1 Å². The summed E-state index contributed by atoms with van der Waals surface area (Å²) in [7, 11) is 1.27. The highest BCUT2D eigenvalue weighted by Gasteiger charge is 2.13. The third-order valence-electron chi connectivity index (χ3n) is 3.07. The molecule has 0 atom stereocenters. The van der Waals surface area contributed by atoms with Gasteiger partial charge in [0.25, 0.3) is 0 Å². The molecule has 9 nitrogen and oxygen atoms in total. The molecule has 0 unspecified atom stereocenters. The summed E-state index contributed by atoms with van der Waals surface area (Å²) in [6, 6.07) is 4.78. The molecule has 0 saturated heterocycles. The van der Waals surface area contributed by atoms with Crippen LogP contribution in [-0.4, -0.2) is 33.7 Å². The molecule has 0 aliphatic heterocycles. The maximum absolute atomic E-state index is 12.0. The molecule has 0 aliphatic carbocycles. The summed E-state index contributed by atoms with van der Waals surface area (Å²) in [5.74, 6) is -0.934. The van der Waals surface area contributed by atoms with Gasteiger partial charge in [-0.25, -0.2) is 4.79 Å². The van der Waals surface area contributed by atoms with E-state index in [1.807, 2.05) is 0 Å². The van der Waals surface area contributed by atoms with Crippen LogP contribution in [-0.2, 0) is 16.1 Å². The summed E-state index contributed by atoms with van der Waals surface area (Å²) < 4.78 is 5.79. The molecule has 2 aromatic rings. The van der Waals surface area contributed by atoms with Crippen LogP contribution in [0, 0.1) is 17.0 Å². The Bertz CT molecular complexity index is 768. The summed E-state index contributed by atoms with van der Waals surface area (Å²) in [5, 5.41) is 17.0. The first kappa shape index (κ1) is 16.1. The summed E-state index contributed by atoms with van der Waals surface area (Å²) >= 11 is 0. The quantitative estimate of drug-likeness (QED) is 0.507. The highest BCUT2D eigenvalue weighted by molar-refractivity contribution is 5.95. The lowest BCUT2D eigenvalue weighted by molar-refractivity contribution is -0.385. The van der Waals surface area contributed by atoms with Crippen molar-refractivity contribution in [2.45, 2.75) is 13.5 Å². The Morgan fingerprint density at radius 2 is 2.17 bits per heavy atom. The number of anilines is 1. The van der Waals surface area contributed by atoms with Crippen molar-refractivity contribution < 1.29 is 19.2 Å². The minimum Gasteiger partial charge on any atom is -0.465 e. The number of carbonyl (C=O) groups is 2. The third-order valence-corrected chi connectivity index (χ3v) is 3.07. The number of benzene rings is 1. The molecule has 1 N–H and O–H groups in total. The van der Waals surface area contributed by atoms with Gasteiger partial charge in [-0.05, 0) is 24.6 Å². The molecule has 1 aromatic carbocycles. The molecule has 0 aliphatic rings. The van der Waals surface area contributed by atoms with Crippen LogP contribution in [0.15, 0.2) is 30.6 Å². The number of aryl methyl sites for hydroxylation is 1. The van der Waals surface area contributed by atoms with E-state index in [9.17, 15) is 19.7 Å². The average Bonchev–Trinajstić information content (AvgIpc) is 2.97. The Morgan fingerprint density at radius 3 is 2.78 bits per heavy atom. The van der Waals surface area contributed by atoms with Gasteiger partial charge in [-0.15, -0.1) is 0 Å². The molecule has 0 spiro atoms. The molecule has 1 aromatic heterocycles. The van der Waals surface area contributed by atoms with Crippen molar-refractivity contribution in [1.29, 1.82) is 0 Å². The van der Waals surface area contributed by atoms with Gasteiger partial charge in [0.1, 0.15) is 18.9 Å². The van der Waals surface area contributed by atoms with E-state index >= 15 is 0 Å². The van der Waals surface area contributed by atoms with Crippen LogP contribution >= 0.6 is 0 Å². The first-order chi connectivity index (χ1) is 10.9. The van der Waals surface area contributed by atoms with E-state index < -0.39 is 16.8 Å². The lowest BCUT2D eigenvalue weighted by Gasteiger charge is -2.10. The Morgan fingerprint density at radius 1 is 1.43 bits per heavy atom. The fraction of sp³-hybridized carbons (Fsp3) is 0.214. The van der Waals surface area contributed by atoms with Gasteiger partial charge in [0.05, 0.1) is 17.6 Å². The standard InChI is InChI=1S/C14H14N4O5/c1-9-3-4-10(14(20)23-2)5-12(9)16-13(19)8-17-7-11(6-15-17)18(21)22/h3-7H,8H2,1-2H3,(H,16,19). The van der Waals surface area contributed by atoms with Gasteiger partial charge in [-0.3, -0.25) is 19.6 Å². The van der Waals surface area contributed by atoms with Crippen LogP contribution < -0.4 is 5.32 Å². The van der Waals surface area contributed by atoms with Crippen molar-refractivity contribution >= 4 is 23.3 Å². The van der Waals surface area contributed by atoms with Crippen molar-refractivity contribution in [2.24, 2.45) is 0 Å². The summed E-state index contributed by atoms with van der Waals surface area (Å²) in [5.41, 5.74) is 1.34. The maximum Gasteiger partial charge on any atom is 0.337 e. The molecule has 9 heteroatoms. The van der Waals surface area contributed by atoms with Crippen LogP contribution in [0.1, 0.15) is 15.9 Å². The highest BCUT2D eigenvalue weighted by Crippen LogP contribution is 2.18. The predicted molar refractivity (Wildman–Crippen MR) is 80.0 cm³/mol. The maximum atomic E-state index is 12.0. The third kappa shape index (κ3) is 3.90. The number of nitrogens with one attached hydrogen (secondary N) is 1. The second-order valence-corrected chi connectivity index (χ2v) is 4.72. The molecule has 0 bridgehead atoms. The first-order valence-electron chi connectivity index (χ1n) is 6.56. The number of aromatic nitrogens is 2. The van der Waals surface area contributed by atoms with Crippen molar-refractivity contribution in [3.63, 3.8) is 0 Å². The molecule has 0 radical (unpaired) electrons. The van der Waals surface area contributed by atoms with Gasteiger partial charge in [0, 0.05) is 5.69 Å². The first-order valence-corrected chi connectivity index (χ1v) is 6.56. The van der Waals surface area contributed by atoms with Crippen molar-refractivity contribution in [3.8, 4) is 0 Å². The number of nitro groups is 1. The number of hydrogen-bond donors (Lipinski definition) is 1. The number of nitrogens with zero attached hydrogens (tertiary/aromatic N) is 3. The zero-order chi connectivity index (χ0) is 17.0. The Labute approximate surface area is 131 Å². The van der Waals surface area contributed by atoms with Crippen molar-refractivity contribution in [3.05, 3.63) is 51.8 Å². The molecular formula is C14H14N4O5. The van der Waals surface area contributed by atoms with E-state index in [4.69, 9.17) is 0 Å². The van der Waals surface area contributed by atoms with Crippen molar-refractivity contribution in [2.75, 3.05) is 12.4 Å².